The predicted octanol–water partition coefficient (Wildman–Crippen LogP) is 6.94. The van der Waals surface area contributed by atoms with Crippen molar-refractivity contribution in [3.05, 3.63) is 68.4 Å². The van der Waals surface area contributed by atoms with Gasteiger partial charge in [-0.2, -0.15) is 13.2 Å². The minimum atomic E-state index is -4.91. The van der Waals surface area contributed by atoms with Crippen LogP contribution in [0.4, 0.5) is 22.4 Å². The van der Waals surface area contributed by atoms with Gasteiger partial charge in [-0.25, -0.2) is 9.18 Å². The lowest BCUT2D eigenvalue weighted by Gasteiger charge is -2.29. The predicted molar refractivity (Wildman–Crippen MR) is 124 cm³/mol. The molecule has 2 aromatic carbocycles. The van der Waals surface area contributed by atoms with E-state index >= 15 is 0 Å². The molecule has 0 saturated carbocycles. The third kappa shape index (κ3) is 5.12. The van der Waals surface area contributed by atoms with Gasteiger partial charge in [0.2, 0.25) is 0 Å². The fraction of sp³-hybridized carbons (Fsp3) is 0.417. The van der Waals surface area contributed by atoms with Gasteiger partial charge in [-0.05, 0) is 55.7 Å². The van der Waals surface area contributed by atoms with Crippen molar-refractivity contribution in [2.24, 2.45) is 5.16 Å². The molecular formula is C24H22Cl2F4N2O4. The van der Waals surface area contributed by atoms with Crippen LogP contribution in [-0.2, 0) is 33.1 Å². The molecule has 0 bridgehead atoms. The SMILES string of the molecule is CC(C)(C)OC(=O)N1COCc2cc(C3=NOC(c4cc(Cl)c(F)c(Cl)c4)(C(F)(F)F)C3)ccc2C1. The fourth-order valence-corrected chi connectivity index (χ4v) is 4.39. The summed E-state index contributed by atoms with van der Waals surface area (Å²) in [6.07, 6.45) is -6.14. The van der Waals surface area contributed by atoms with Gasteiger partial charge in [-0.15, -0.1) is 0 Å². The topological polar surface area (TPSA) is 60.4 Å². The third-order valence-corrected chi connectivity index (χ3v) is 6.24. The van der Waals surface area contributed by atoms with Gasteiger partial charge in [0, 0.05) is 12.0 Å². The lowest BCUT2D eigenvalue weighted by molar-refractivity contribution is -0.275. The molecule has 0 saturated heterocycles. The first-order valence-electron chi connectivity index (χ1n) is 10.8. The van der Waals surface area contributed by atoms with Crippen molar-refractivity contribution in [3.8, 4) is 0 Å². The Bertz CT molecular complexity index is 1210. The van der Waals surface area contributed by atoms with Crippen molar-refractivity contribution in [2.45, 2.75) is 57.7 Å². The summed E-state index contributed by atoms with van der Waals surface area (Å²) in [5.41, 5.74) is -2.19. The second-order valence-corrected chi connectivity index (χ2v) is 10.3. The number of alkyl halides is 3. The first-order valence-corrected chi connectivity index (χ1v) is 11.6. The van der Waals surface area contributed by atoms with E-state index in [1.807, 2.05) is 0 Å². The van der Waals surface area contributed by atoms with Crippen LogP contribution in [0.2, 0.25) is 10.0 Å². The molecule has 1 unspecified atom stereocenters. The Labute approximate surface area is 214 Å². The Kier molecular flexibility index (Phi) is 6.91. The normalized spacial score (nSPS) is 20.4. The van der Waals surface area contributed by atoms with Gasteiger partial charge in [0.05, 0.1) is 28.9 Å². The van der Waals surface area contributed by atoms with Crippen LogP contribution in [0.25, 0.3) is 0 Å². The Morgan fingerprint density at radius 2 is 1.78 bits per heavy atom. The summed E-state index contributed by atoms with van der Waals surface area (Å²) in [5, 5.41) is 2.61. The summed E-state index contributed by atoms with van der Waals surface area (Å²) >= 11 is 11.5. The van der Waals surface area contributed by atoms with E-state index in [0.717, 1.165) is 17.7 Å². The summed E-state index contributed by atoms with van der Waals surface area (Å²) in [5.74, 6) is -1.02. The van der Waals surface area contributed by atoms with E-state index in [9.17, 15) is 22.4 Å². The summed E-state index contributed by atoms with van der Waals surface area (Å²) in [7, 11) is 0. The molecule has 2 aliphatic heterocycles. The smallest absolute Gasteiger partial charge is 0.435 e. The van der Waals surface area contributed by atoms with Gasteiger partial charge >= 0.3 is 12.3 Å². The van der Waals surface area contributed by atoms with Crippen molar-refractivity contribution in [3.63, 3.8) is 0 Å². The number of benzene rings is 2. The fourth-order valence-electron chi connectivity index (χ4n) is 3.90. The molecule has 0 spiro atoms. The number of hydrogen-bond donors (Lipinski definition) is 0. The molecule has 2 aromatic rings. The number of rotatable bonds is 2. The van der Waals surface area contributed by atoms with Crippen LogP contribution >= 0.6 is 23.2 Å². The Hall–Kier alpha value is -2.56. The first-order chi connectivity index (χ1) is 16.7. The second-order valence-electron chi connectivity index (χ2n) is 9.52. The minimum absolute atomic E-state index is 0.00768. The van der Waals surface area contributed by atoms with E-state index < -0.39 is 51.3 Å². The quantitative estimate of drug-likeness (QED) is 0.301. The van der Waals surface area contributed by atoms with Crippen molar-refractivity contribution in [2.75, 3.05) is 6.73 Å². The zero-order valence-corrected chi connectivity index (χ0v) is 21.0. The molecule has 36 heavy (non-hydrogen) atoms. The monoisotopic (exact) mass is 548 g/mol. The maximum atomic E-state index is 14.3. The first kappa shape index (κ1) is 26.5. The molecule has 0 fully saturated rings. The number of carbonyl (C=O) groups is 1. The van der Waals surface area contributed by atoms with Crippen LogP contribution in [0, 0.1) is 5.82 Å². The Balaban J connectivity index is 1.61. The maximum Gasteiger partial charge on any atom is 0.435 e. The van der Waals surface area contributed by atoms with Crippen LogP contribution in [0.5, 0.6) is 0 Å². The van der Waals surface area contributed by atoms with Gasteiger partial charge in [-0.1, -0.05) is 40.5 Å². The van der Waals surface area contributed by atoms with Gasteiger partial charge in [0.25, 0.3) is 5.60 Å². The van der Waals surface area contributed by atoms with Crippen molar-refractivity contribution < 1.29 is 36.7 Å². The number of ether oxygens (including phenoxy) is 2. The van der Waals surface area contributed by atoms with Crippen molar-refractivity contribution >= 4 is 35.0 Å². The highest BCUT2D eigenvalue weighted by molar-refractivity contribution is 6.35. The van der Waals surface area contributed by atoms with Crippen LogP contribution < -0.4 is 0 Å². The number of carbonyl (C=O) groups excluding carboxylic acids is 1. The molecule has 0 N–H and O–H groups in total. The van der Waals surface area contributed by atoms with Crippen LogP contribution in [-0.4, -0.2) is 35.2 Å². The largest absolute Gasteiger partial charge is 0.444 e. The van der Waals surface area contributed by atoms with Crippen LogP contribution in [0.15, 0.2) is 35.5 Å². The molecule has 1 amide bonds. The summed E-state index contributed by atoms with van der Waals surface area (Å²) in [6.45, 7) is 5.58. The lowest BCUT2D eigenvalue weighted by Crippen LogP contribution is -2.42. The standard InChI is InChI=1S/C24H22Cl2F4N2O4/c1-22(2,3)35-21(33)32-10-14-5-4-13(6-15(14)11-34-12-32)19-9-23(36-31-19,24(28,29)30)16-7-17(25)20(27)18(26)8-16/h4-8H,9-12H2,1-3H3. The summed E-state index contributed by atoms with van der Waals surface area (Å²) in [4.78, 5) is 18.8. The van der Waals surface area contributed by atoms with Crippen molar-refractivity contribution in [1.82, 2.24) is 4.90 Å². The van der Waals surface area contributed by atoms with E-state index in [-0.39, 0.29) is 25.6 Å². The molecule has 0 aromatic heterocycles. The maximum absolute atomic E-state index is 14.3. The number of fused-ring (bicyclic) bond motifs is 1. The molecule has 12 heteroatoms. The number of oxime groups is 1. The zero-order valence-electron chi connectivity index (χ0n) is 19.5. The molecule has 4 rings (SSSR count). The average molecular weight is 549 g/mol. The molecule has 0 radical (unpaired) electrons. The van der Waals surface area contributed by atoms with Crippen molar-refractivity contribution in [1.29, 1.82) is 0 Å². The second kappa shape index (κ2) is 9.39. The van der Waals surface area contributed by atoms with Gasteiger partial charge in [0.1, 0.15) is 12.3 Å². The van der Waals surface area contributed by atoms with E-state index in [2.05, 4.69) is 5.16 Å². The lowest BCUT2D eigenvalue weighted by atomic mass is 9.86. The van der Waals surface area contributed by atoms with Gasteiger partial charge in [-0.3, -0.25) is 4.90 Å². The molecule has 2 heterocycles. The van der Waals surface area contributed by atoms with E-state index in [1.54, 1.807) is 39.0 Å². The molecule has 2 aliphatic rings. The number of amides is 1. The molecule has 194 valence electrons. The highest BCUT2D eigenvalue weighted by Crippen LogP contribution is 2.50. The third-order valence-electron chi connectivity index (χ3n) is 5.69. The average Bonchev–Trinajstić information content (AvgIpc) is 3.12. The number of halogens is 6. The van der Waals surface area contributed by atoms with Crippen LogP contribution in [0.3, 0.4) is 0 Å². The van der Waals surface area contributed by atoms with Gasteiger partial charge in [0.15, 0.2) is 5.82 Å². The molecule has 6 nitrogen and oxygen atoms in total. The summed E-state index contributed by atoms with van der Waals surface area (Å²) < 4.78 is 67.7. The zero-order chi connectivity index (χ0) is 26.5. The highest BCUT2D eigenvalue weighted by Gasteiger charge is 2.62. The molecule has 1 atom stereocenters. The Morgan fingerprint density at radius 3 is 2.39 bits per heavy atom. The van der Waals surface area contributed by atoms with Gasteiger partial charge < -0.3 is 14.3 Å². The molecule has 0 aliphatic carbocycles. The van der Waals surface area contributed by atoms with Crippen LogP contribution in [0.1, 0.15) is 49.4 Å². The molecular weight excluding hydrogens is 527 g/mol. The van der Waals surface area contributed by atoms with E-state index in [4.69, 9.17) is 37.5 Å². The summed E-state index contributed by atoms with van der Waals surface area (Å²) in [6, 6.07) is 6.61. The minimum Gasteiger partial charge on any atom is -0.444 e. The van der Waals surface area contributed by atoms with E-state index in [1.165, 1.54) is 4.90 Å². The number of nitrogens with zero attached hydrogens (tertiary/aromatic N) is 2. The van der Waals surface area contributed by atoms with E-state index in [0.29, 0.717) is 11.1 Å². The Morgan fingerprint density at radius 1 is 1.11 bits per heavy atom. The number of hydrogen-bond acceptors (Lipinski definition) is 5. The highest BCUT2D eigenvalue weighted by atomic mass is 35.5.